The van der Waals surface area contributed by atoms with Crippen molar-refractivity contribution in [1.82, 2.24) is 10.4 Å². The summed E-state index contributed by atoms with van der Waals surface area (Å²) in [7, 11) is 0. The molecule has 0 bridgehead atoms. The highest BCUT2D eigenvalue weighted by atomic mass is 35.5. The molecule has 3 rings (SSSR count). The summed E-state index contributed by atoms with van der Waals surface area (Å²) in [4.78, 5) is 8.17. The lowest BCUT2D eigenvalue weighted by Gasteiger charge is -2.20. The van der Waals surface area contributed by atoms with Crippen molar-refractivity contribution in [2.24, 2.45) is 10.8 Å². The fourth-order valence-corrected chi connectivity index (χ4v) is 3.21. The van der Waals surface area contributed by atoms with Gasteiger partial charge >= 0.3 is 0 Å². The number of rotatable bonds is 10. The van der Waals surface area contributed by atoms with Gasteiger partial charge in [-0.1, -0.05) is 35.9 Å². The number of nitrogens with zero attached hydrogens (tertiary/aromatic N) is 2. The van der Waals surface area contributed by atoms with E-state index in [1.165, 1.54) is 48.9 Å². The first-order valence-corrected chi connectivity index (χ1v) is 10.2. The lowest BCUT2D eigenvalue weighted by molar-refractivity contribution is 0.197. The number of halogens is 4. The minimum absolute atomic E-state index is 0.0710. The molecule has 9 heteroatoms. The van der Waals surface area contributed by atoms with Crippen LogP contribution in [0.2, 0.25) is 5.02 Å². The number of hydrazine groups is 1. The van der Waals surface area contributed by atoms with E-state index in [1.807, 2.05) is 0 Å². The number of hydrogen-bond donors (Lipinski definition) is 2. The summed E-state index contributed by atoms with van der Waals surface area (Å²) in [5.74, 6) is 4.35. The summed E-state index contributed by atoms with van der Waals surface area (Å²) in [6.45, 7) is -0.151. The number of benzene rings is 2. The van der Waals surface area contributed by atoms with Crippen molar-refractivity contribution in [3.05, 3.63) is 94.5 Å². The molecule has 0 radical (unpaired) electrons. The summed E-state index contributed by atoms with van der Waals surface area (Å²) < 4.78 is 48.4. The predicted octanol–water partition coefficient (Wildman–Crippen LogP) is 5.25. The van der Waals surface area contributed by atoms with E-state index in [1.54, 1.807) is 24.3 Å². The molecule has 2 aromatic carbocycles. The second kappa shape index (κ2) is 11.5. The smallest absolute Gasteiger partial charge is 0.159 e. The molecule has 0 amide bonds. The van der Waals surface area contributed by atoms with Crippen molar-refractivity contribution < 1.29 is 17.9 Å². The zero-order chi connectivity index (χ0) is 22.9. The fraction of sp³-hybridized carbons (Fsp3) is 0.217. The SMILES string of the molecule is NNC=NCC(c1ccc(F)cc1)C(F)c1ccc(OCC(F)c2ccc(Cl)cc2)cn1. The maximum atomic E-state index is 15.3. The van der Waals surface area contributed by atoms with Gasteiger partial charge in [0, 0.05) is 10.9 Å². The van der Waals surface area contributed by atoms with Gasteiger partial charge in [-0.15, -0.1) is 0 Å². The molecule has 0 saturated carbocycles. The molecule has 0 fully saturated rings. The average Bonchev–Trinajstić information content (AvgIpc) is 2.81. The molecular formula is C23H22ClF3N4O. The summed E-state index contributed by atoms with van der Waals surface area (Å²) in [6, 6.07) is 14.9. The van der Waals surface area contributed by atoms with E-state index in [4.69, 9.17) is 22.2 Å². The number of alkyl halides is 2. The van der Waals surface area contributed by atoms with E-state index in [-0.39, 0.29) is 18.8 Å². The monoisotopic (exact) mass is 462 g/mol. The number of aliphatic imine (C=N–C) groups is 1. The van der Waals surface area contributed by atoms with Crippen LogP contribution in [0.3, 0.4) is 0 Å². The van der Waals surface area contributed by atoms with E-state index in [0.29, 0.717) is 21.9 Å². The normalized spacial score (nSPS) is 14.2. The van der Waals surface area contributed by atoms with Gasteiger partial charge in [-0.05, 0) is 47.5 Å². The van der Waals surface area contributed by atoms with Crippen molar-refractivity contribution in [2.45, 2.75) is 18.3 Å². The molecular weight excluding hydrogens is 441 g/mol. The lowest BCUT2D eigenvalue weighted by atomic mass is 9.92. The largest absolute Gasteiger partial charge is 0.489 e. The van der Waals surface area contributed by atoms with Gasteiger partial charge in [-0.3, -0.25) is 9.98 Å². The molecule has 0 aliphatic heterocycles. The Morgan fingerprint density at radius 2 is 1.72 bits per heavy atom. The van der Waals surface area contributed by atoms with Crippen LogP contribution in [0.4, 0.5) is 13.2 Å². The van der Waals surface area contributed by atoms with Gasteiger partial charge < -0.3 is 10.2 Å². The maximum Gasteiger partial charge on any atom is 0.159 e. The minimum Gasteiger partial charge on any atom is -0.489 e. The topological polar surface area (TPSA) is 72.5 Å². The third-order valence-corrected chi connectivity index (χ3v) is 5.04. The van der Waals surface area contributed by atoms with Gasteiger partial charge in [-0.2, -0.15) is 0 Å². The summed E-state index contributed by atoms with van der Waals surface area (Å²) >= 11 is 5.81. The predicted molar refractivity (Wildman–Crippen MR) is 119 cm³/mol. The van der Waals surface area contributed by atoms with Gasteiger partial charge in [0.2, 0.25) is 0 Å². The molecule has 0 spiro atoms. The van der Waals surface area contributed by atoms with Crippen LogP contribution < -0.4 is 16.0 Å². The van der Waals surface area contributed by atoms with E-state index in [9.17, 15) is 8.78 Å². The Hall–Kier alpha value is -3.10. The second-order valence-corrected chi connectivity index (χ2v) is 7.41. The van der Waals surface area contributed by atoms with Crippen LogP contribution in [0.15, 0.2) is 71.9 Å². The van der Waals surface area contributed by atoms with Crippen LogP contribution in [0.5, 0.6) is 5.75 Å². The van der Waals surface area contributed by atoms with Gasteiger partial charge in [0.25, 0.3) is 0 Å². The molecule has 1 heterocycles. The van der Waals surface area contributed by atoms with Crippen molar-refractivity contribution >= 4 is 17.9 Å². The number of aromatic nitrogens is 1. The molecule has 168 valence electrons. The maximum absolute atomic E-state index is 15.3. The highest BCUT2D eigenvalue weighted by Gasteiger charge is 2.26. The molecule has 0 saturated heterocycles. The van der Waals surface area contributed by atoms with Gasteiger partial charge in [0.15, 0.2) is 12.3 Å². The summed E-state index contributed by atoms with van der Waals surface area (Å²) in [5.41, 5.74) is 3.42. The summed E-state index contributed by atoms with van der Waals surface area (Å²) in [5, 5.41) is 0.520. The van der Waals surface area contributed by atoms with Crippen LogP contribution in [0, 0.1) is 5.82 Å². The van der Waals surface area contributed by atoms with E-state index in [0.717, 1.165) is 0 Å². The van der Waals surface area contributed by atoms with Crippen molar-refractivity contribution in [1.29, 1.82) is 0 Å². The zero-order valence-electron chi connectivity index (χ0n) is 17.0. The third-order valence-electron chi connectivity index (χ3n) is 4.79. The molecule has 3 N–H and O–H groups in total. The lowest BCUT2D eigenvalue weighted by Crippen LogP contribution is -2.20. The van der Waals surface area contributed by atoms with Crippen LogP contribution in [-0.4, -0.2) is 24.5 Å². The quantitative estimate of drug-likeness (QED) is 0.187. The number of ether oxygens (including phenoxy) is 1. The zero-order valence-corrected chi connectivity index (χ0v) is 17.7. The minimum atomic E-state index is -1.52. The number of hydrogen-bond acceptors (Lipinski definition) is 4. The number of pyridine rings is 1. The number of nitrogens with one attached hydrogen (secondary N) is 1. The Balaban J connectivity index is 1.67. The summed E-state index contributed by atoms with van der Waals surface area (Å²) in [6.07, 6.45) is -0.282. The van der Waals surface area contributed by atoms with Crippen LogP contribution in [-0.2, 0) is 0 Å². The molecule has 32 heavy (non-hydrogen) atoms. The Morgan fingerprint density at radius 3 is 2.34 bits per heavy atom. The van der Waals surface area contributed by atoms with Gasteiger partial charge in [0.1, 0.15) is 18.2 Å². The molecule has 1 aromatic heterocycles. The highest BCUT2D eigenvalue weighted by Crippen LogP contribution is 2.34. The third kappa shape index (κ3) is 6.45. The Morgan fingerprint density at radius 1 is 1.03 bits per heavy atom. The van der Waals surface area contributed by atoms with Crippen LogP contribution in [0.25, 0.3) is 0 Å². The molecule has 3 aromatic rings. The average molecular weight is 463 g/mol. The Kier molecular flexibility index (Phi) is 8.47. The molecule has 0 aliphatic rings. The molecule has 3 atom stereocenters. The first-order chi connectivity index (χ1) is 15.5. The van der Waals surface area contributed by atoms with E-state index >= 15 is 4.39 Å². The van der Waals surface area contributed by atoms with E-state index < -0.39 is 24.1 Å². The van der Waals surface area contributed by atoms with Crippen molar-refractivity contribution in [3.8, 4) is 5.75 Å². The number of nitrogens with two attached hydrogens (primary N) is 1. The standard InChI is InChI=1S/C23H22ClF3N4O/c24-17-5-1-16(2-6-17)21(26)13-32-19-9-10-22(30-11-19)23(27)20(12-29-14-31-28)15-3-7-18(25)8-4-15/h1-11,14,20-21,23H,12-13,28H2,(H,29,31). The molecule has 5 nitrogen and oxygen atoms in total. The van der Waals surface area contributed by atoms with Crippen LogP contribution in [0.1, 0.15) is 35.1 Å². The Labute approximate surface area is 189 Å². The first-order valence-electron chi connectivity index (χ1n) is 9.80. The van der Waals surface area contributed by atoms with E-state index in [2.05, 4.69) is 15.4 Å². The van der Waals surface area contributed by atoms with Gasteiger partial charge in [-0.25, -0.2) is 19.0 Å². The second-order valence-electron chi connectivity index (χ2n) is 6.97. The Bertz CT molecular complexity index is 1000. The fourth-order valence-electron chi connectivity index (χ4n) is 3.08. The highest BCUT2D eigenvalue weighted by molar-refractivity contribution is 6.30. The van der Waals surface area contributed by atoms with Crippen LogP contribution >= 0.6 is 11.6 Å². The first kappa shape index (κ1) is 23.6. The van der Waals surface area contributed by atoms with Gasteiger partial charge in [0.05, 0.1) is 24.8 Å². The van der Waals surface area contributed by atoms with Crippen molar-refractivity contribution in [2.75, 3.05) is 13.2 Å². The molecule has 0 aliphatic carbocycles. The molecule has 3 unspecified atom stereocenters. The van der Waals surface area contributed by atoms with Crippen molar-refractivity contribution in [3.63, 3.8) is 0 Å².